The first kappa shape index (κ1) is 25.0. The van der Waals surface area contributed by atoms with Gasteiger partial charge in [-0.15, -0.1) is 11.3 Å². The molecule has 2 aromatic carbocycles. The zero-order valence-electron chi connectivity index (χ0n) is 19.1. The molecule has 0 aliphatic carbocycles. The number of imide groups is 1. The van der Waals surface area contributed by atoms with E-state index in [0.29, 0.717) is 36.1 Å². The Morgan fingerprint density at radius 1 is 0.944 bits per heavy atom. The van der Waals surface area contributed by atoms with Gasteiger partial charge in [0.1, 0.15) is 6.54 Å². The average Bonchev–Trinajstić information content (AvgIpc) is 3.45. The molecule has 0 atom stereocenters. The molecule has 2 fully saturated rings. The molecule has 184 valence electrons. The standard InChI is InChI=1S/C26H22ClN3O3S3/c27-18-6-8-20(9-7-18)34-24-11-10-21(35-24)16-22-25(32)30(26(33)36-22)17-23(31)29-14-12-28(13-15-29)19-4-2-1-3-5-19/h1-11,16H,12-15,17H2/b22-16-. The molecule has 0 unspecified atom stereocenters. The van der Waals surface area contributed by atoms with Gasteiger partial charge in [-0.3, -0.25) is 19.3 Å². The number of thioether (sulfide) groups is 1. The van der Waals surface area contributed by atoms with Crippen molar-refractivity contribution in [1.82, 2.24) is 9.80 Å². The van der Waals surface area contributed by atoms with Crippen LogP contribution < -0.4 is 4.90 Å². The molecule has 36 heavy (non-hydrogen) atoms. The van der Waals surface area contributed by atoms with Gasteiger partial charge in [0.05, 0.1) is 9.11 Å². The van der Waals surface area contributed by atoms with Gasteiger partial charge < -0.3 is 9.80 Å². The third kappa shape index (κ3) is 5.81. The molecule has 0 N–H and O–H groups in total. The van der Waals surface area contributed by atoms with E-state index in [4.69, 9.17) is 11.6 Å². The van der Waals surface area contributed by atoms with E-state index in [1.807, 2.05) is 54.6 Å². The number of benzene rings is 2. The van der Waals surface area contributed by atoms with Crippen molar-refractivity contribution < 1.29 is 14.4 Å². The third-order valence-corrected chi connectivity index (χ3v) is 9.16. The molecule has 1 aromatic heterocycles. The first-order chi connectivity index (χ1) is 17.5. The molecule has 3 aromatic rings. The Hall–Kier alpha value is -2.72. The number of amides is 3. The second-order valence-electron chi connectivity index (χ2n) is 8.18. The molecule has 0 saturated carbocycles. The van der Waals surface area contributed by atoms with Crippen LogP contribution in [0.15, 0.2) is 80.7 Å². The molecule has 2 saturated heterocycles. The summed E-state index contributed by atoms with van der Waals surface area (Å²) in [5.41, 5.74) is 1.13. The number of halogens is 1. The highest BCUT2D eigenvalue weighted by Gasteiger charge is 2.37. The molecular formula is C26H22ClN3O3S3. The third-order valence-electron chi connectivity index (χ3n) is 5.83. The van der Waals surface area contributed by atoms with Crippen LogP contribution in [0.4, 0.5) is 10.5 Å². The van der Waals surface area contributed by atoms with Gasteiger partial charge in [0.25, 0.3) is 11.1 Å². The number of thiophene rings is 1. The predicted molar refractivity (Wildman–Crippen MR) is 148 cm³/mol. The van der Waals surface area contributed by atoms with Gasteiger partial charge in [-0.25, -0.2) is 0 Å². The molecule has 10 heteroatoms. The van der Waals surface area contributed by atoms with Crippen molar-refractivity contribution >= 4 is 75.3 Å². The summed E-state index contributed by atoms with van der Waals surface area (Å²) in [6.45, 7) is 2.32. The number of carbonyl (C=O) groups is 3. The first-order valence-electron chi connectivity index (χ1n) is 11.3. The number of rotatable bonds is 6. The monoisotopic (exact) mass is 555 g/mol. The second-order valence-corrected chi connectivity index (χ2v) is 12.1. The molecular weight excluding hydrogens is 534 g/mol. The number of anilines is 1. The van der Waals surface area contributed by atoms with Crippen molar-refractivity contribution in [3.63, 3.8) is 0 Å². The van der Waals surface area contributed by atoms with Gasteiger partial charge in [0, 0.05) is 46.7 Å². The summed E-state index contributed by atoms with van der Waals surface area (Å²) in [4.78, 5) is 45.6. The van der Waals surface area contributed by atoms with E-state index in [2.05, 4.69) is 17.0 Å². The Bertz CT molecular complexity index is 1300. The molecule has 0 spiro atoms. The maximum absolute atomic E-state index is 12.9. The summed E-state index contributed by atoms with van der Waals surface area (Å²) >= 11 is 9.98. The van der Waals surface area contributed by atoms with Crippen LogP contribution in [0, 0.1) is 0 Å². The van der Waals surface area contributed by atoms with E-state index in [1.54, 1.807) is 22.7 Å². The topological polar surface area (TPSA) is 60.9 Å². The lowest BCUT2D eigenvalue weighted by molar-refractivity contribution is -0.136. The average molecular weight is 556 g/mol. The number of nitrogens with zero attached hydrogens (tertiary/aromatic N) is 3. The van der Waals surface area contributed by atoms with Crippen LogP contribution in [0.25, 0.3) is 6.08 Å². The van der Waals surface area contributed by atoms with Crippen molar-refractivity contribution in [2.24, 2.45) is 0 Å². The molecule has 3 heterocycles. The number of carbonyl (C=O) groups excluding carboxylic acids is 3. The van der Waals surface area contributed by atoms with E-state index in [9.17, 15) is 14.4 Å². The summed E-state index contributed by atoms with van der Waals surface area (Å²) in [7, 11) is 0. The molecule has 6 nitrogen and oxygen atoms in total. The first-order valence-corrected chi connectivity index (χ1v) is 14.2. The Balaban J connectivity index is 1.17. The maximum atomic E-state index is 12.9. The van der Waals surface area contributed by atoms with Crippen molar-refractivity contribution in [2.75, 3.05) is 37.6 Å². The lowest BCUT2D eigenvalue weighted by Gasteiger charge is -2.36. The minimum atomic E-state index is -0.415. The van der Waals surface area contributed by atoms with Crippen LogP contribution in [0.2, 0.25) is 5.02 Å². The minimum absolute atomic E-state index is 0.205. The van der Waals surface area contributed by atoms with Crippen LogP contribution in [-0.2, 0) is 9.59 Å². The Labute approximate surface area is 226 Å². The molecule has 2 aliphatic rings. The van der Waals surface area contributed by atoms with E-state index in [1.165, 1.54) is 11.3 Å². The van der Waals surface area contributed by atoms with Crippen molar-refractivity contribution in [2.45, 2.75) is 9.10 Å². The summed E-state index contributed by atoms with van der Waals surface area (Å²) in [5, 5.41) is 0.282. The normalized spacial score (nSPS) is 17.4. The fourth-order valence-corrected chi connectivity index (χ4v) is 7.03. The summed E-state index contributed by atoms with van der Waals surface area (Å²) in [6, 6.07) is 21.6. The lowest BCUT2D eigenvalue weighted by Crippen LogP contribution is -2.51. The highest BCUT2D eigenvalue weighted by molar-refractivity contribution is 8.18. The summed E-state index contributed by atoms with van der Waals surface area (Å²) in [5.74, 6) is -0.620. The smallest absolute Gasteiger partial charge is 0.294 e. The minimum Gasteiger partial charge on any atom is -0.368 e. The van der Waals surface area contributed by atoms with Gasteiger partial charge in [0.2, 0.25) is 5.91 Å². The van der Waals surface area contributed by atoms with E-state index in [-0.39, 0.29) is 12.5 Å². The maximum Gasteiger partial charge on any atom is 0.294 e. The molecule has 0 radical (unpaired) electrons. The van der Waals surface area contributed by atoms with Crippen LogP contribution >= 0.6 is 46.5 Å². The van der Waals surface area contributed by atoms with Gasteiger partial charge in [0.15, 0.2) is 0 Å². The Morgan fingerprint density at radius 2 is 1.67 bits per heavy atom. The fourth-order valence-electron chi connectivity index (χ4n) is 3.94. The van der Waals surface area contributed by atoms with E-state index in [0.717, 1.165) is 36.3 Å². The summed E-state index contributed by atoms with van der Waals surface area (Å²) in [6.07, 6.45) is 1.73. The van der Waals surface area contributed by atoms with Crippen molar-refractivity contribution in [3.05, 3.63) is 81.5 Å². The number of para-hydroxylation sites is 1. The Kier molecular flexibility index (Phi) is 7.71. The van der Waals surface area contributed by atoms with Gasteiger partial charge in [-0.05, 0) is 66.4 Å². The Morgan fingerprint density at radius 3 is 2.39 bits per heavy atom. The van der Waals surface area contributed by atoms with Crippen LogP contribution in [0.3, 0.4) is 0 Å². The SMILES string of the molecule is O=C(CN1C(=O)S/C(=C\c2ccc(Sc3ccc(Cl)cc3)s2)C1=O)N1CCN(c2ccccc2)CC1. The largest absolute Gasteiger partial charge is 0.368 e. The zero-order chi connectivity index (χ0) is 25.1. The van der Waals surface area contributed by atoms with Crippen molar-refractivity contribution in [3.8, 4) is 0 Å². The van der Waals surface area contributed by atoms with Crippen LogP contribution in [-0.4, -0.2) is 59.6 Å². The van der Waals surface area contributed by atoms with Crippen LogP contribution in [0.1, 0.15) is 4.88 Å². The quantitative estimate of drug-likeness (QED) is 0.351. The lowest BCUT2D eigenvalue weighted by atomic mass is 10.2. The van der Waals surface area contributed by atoms with Crippen LogP contribution in [0.5, 0.6) is 0 Å². The molecule has 2 aliphatic heterocycles. The predicted octanol–water partition coefficient (Wildman–Crippen LogP) is 5.94. The van der Waals surface area contributed by atoms with Gasteiger partial charge in [-0.1, -0.05) is 41.6 Å². The number of hydrogen-bond acceptors (Lipinski definition) is 7. The summed E-state index contributed by atoms with van der Waals surface area (Å²) < 4.78 is 1.06. The van der Waals surface area contributed by atoms with Crippen molar-refractivity contribution in [1.29, 1.82) is 0 Å². The van der Waals surface area contributed by atoms with E-state index >= 15 is 0 Å². The van der Waals surface area contributed by atoms with Gasteiger partial charge >= 0.3 is 0 Å². The van der Waals surface area contributed by atoms with Gasteiger partial charge in [-0.2, -0.15) is 0 Å². The highest BCUT2D eigenvalue weighted by atomic mass is 35.5. The number of hydrogen-bond donors (Lipinski definition) is 0. The highest BCUT2D eigenvalue weighted by Crippen LogP contribution is 2.37. The number of piperazine rings is 1. The zero-order valence-corrected chi connectivity index (χ0v) is 22.3. The molecule has 0 bridgehead atoms. The molecule has 3 amide bonds. The molecule has 5 rings (SSSR count). The van der Waals surface area contributed by atoms with E-state index < -0.39 is 11.1 Å². The fraction of sp³-hybridized carbons (Fsp3) is 0.192. The second kappa shape index (κ2) is 11.1.